The molecule has 1 aromatic carbocycles. The Morgan fingerprint density at radius 3 is 2.57 bits per heavy atom. The van der Waals surface area contributed by atoms with Gasteiger partial charge in [0, 0.05) is 24.9 Å². The van der Waals surface area contributed by atoms with E-state index in [1.54, 1.807) is 54.7 Å². The van der Waals surface area contributed by atoms with E-state index in [0.717, 1.165) is 5.56 Å². The van der Waals surface area contributed by atoms with Crippen molar-refractivity contribution in [1.29, 1.82) is 0 Å². The van der Waals surface area contributed by atoms with Crippen molar-refractivity contribution in [3.63, 3.8) is 0 Å². The molecule has 0 saturated carbocycles. The highest BCUT2D eigenvalue weighted by molar-refractivity contribution is 6.03. The molecule has 3 aromatic rings. The minimum Gasteiger partial charge on any atom is -0.467 e. The summed E-state index contributed by atoms with van der Waals surface area (Å²) < 4.78 is 15.6. The number of carbonyl (C=O) groups excluding carboxylic acids is 2. The highest BCUT2D eigenvalue weighted by Gasteiger charge is 2.19. The second-order valence-electron chi connectivity index (χ2n) is 6.26. The van der Waals surface area contributed by atoms with Gasteiger partial charge in [-0.1, -0.05) is 6.07 Å². The smallest absolute Gasteiger partial charge is 0.291 e. The van der Waals surface area contributed by atoms with Crippen LogP contribution in [0.15, 0.2) is 63.8 Å². The molecule has 7 heteroatoms. The lowest BCUT2D eigenvalue weighted by Crippen LogP contribution is -2.33. The average Bonchev–Trinajstić information content (AvgIpc) is 3.40. The van der Waals surface area contributed by atoms with Gasteiger partial charge in [-0.05, 0) is 48.9 Å². The van der Waals surface area contributed by atoms with Crippen LogP contribution >= 0.6 is 0 Å². The van der Waals surface area contributed by atoms with E-state index in [4.69, 9.17) is 13.6 Å². The maximum Gasteiger partial charge on any atom is 0.291 e. The lowest BCUT2D eigenvalue weighted by atomic mass is 10.1. The van der Waals surface area contributed by atoms with Gasteiger partial charge in [0.25, 0.3) is 11.8 Å². The topological polar surface area (TPSA) is 84.9 Å². The average molecular weight is 382 g/mol. The Labute approximate surface area is 162 Å². The van der Waals surface area contributed by atoms with Gasteiger partial charge >= 0.3 is 0 Å². The number of furan rings is 2. The molecule has 7 nitrogen and oxygen atoms in total. The van der Waals surface area contributed by atoms with Gasteiger partial charge < -0.3 is 23.8 Å². The minimum atomic E-state index is -0.371. The van der Waals surface area contributed by atoms with Gasteiger partial charge in [-0.25, -0.2) is 0 Å². The summed E-state index contributed by atoms with van der Waals surface area (Å²) in [6, 6.07) is 12.0. The molecule has 2 aromatic heterocycles. The Bertz CT molecular complexity index is 916. The summed E-state index contributed by atoms with van der Waals surface area (Å²) in [5.74, 6) is 0.338. The molecule has 3 rings (SSSR count). The largest absolute Gasteiger partial charge is 0.467 e. The molecule has 0 radical (unpaired) electrons. The first kappa shape index (κ1) is 19.4. The van der Waals surface area contributed by atoms with Crippen LogP contribution in [0.5, 0.6) is 0 Å². The molecular formula is C21H22N2O5. The van der Waals surface area contributed by atoms with Crippen molar-refractivity contribution in [3.05, 3.63) is 77.6 Å². The SMILES string of the molecule is COCCN(Cc1ccco1)C(=O)c1ccc(C)c(NC(=O)c2ccco2)c1. The number of rotatable bonds is 8. The lowest BCUT2D eigenvalue weighted by molar-refractivity contribution is 0.0666. The van der Waals surface area contributed by atoms with E-state index in [0.29, 0.717) is 36.7 Å². The van der Waals surface area contributed by atoms with Gasteiger partial charge in [-0.15, -0.1) is 0 Å². The lowest BCUT2D eigenvalue weighted by Gasteiger charge is -2.22. The predicted molar refractivity (Wildman–Crippen MR) is 103 cm³/mol. The van der Waals surface area contributed by atoms with Crippen LogP contribution in [0.1, 0.15) is 32.2 Å². The number of benzene rings is 1. The van der Waals surface area contributed by atoms with Gasteiger partial charge in [-0.3, -0.25) is 9.59 Å². The van der Waals surface area contributed by atoms with E-state index >= 15 is 0 Å². The number of hydrogen-bond donors (Lipinski definition) is 1. The van der Waals surface area contributed by atoms with Crippen molar-refractivity contribution in [1.82, 2.24) is 4.90 Å². The van der Waals surface area contributed by atoms with Crippen LogP contribution in [0.4, 0.5) is 5.69 Å². The number of nitrogens with one attached hydrogen (secondary N) is 1. The van der Waals surface area contributed by atoms with Crippen LogP contribution in [0, 0.1) is 6.92 Å². The monoisotopic (exact) mass is 382 g/mol. The molecule has 0 aliphatic carbocycles. The number of aryl methyl sites for hydroxylation is 1. The maximum atomic E-state index is 13.1. The minimum absolute atomic E-state index is 0.179. The normalized spacial score (nSPS) is 10.6. The van der Waals surface area contributed by atoms with E-state index in [2.05, 4.69) is 5.32 Å². The molecule has 28 heavy (non-hydrogen) atoms. The number of amides is 2. The fourth-order valence-electron chi connectivity index (χ4n) is 2.71. The molecule has 2 amide bonds. The number of nitrogens with zero attached hydrogens (tertiary/aromatic N) is 1. The molecule has 0 unspecified atom stereocenters. The standard InChI is InChI=1S/C21H22N2O5/c1-15-7-8-16(13-18(15)22-20(24)19-6-4-11-28-19)21(25)23(9-12-26-2)14-17-5-3-10-27-17/h3-8,10-11,13H,9,12,14H2,1-2H3,(H,22,24). The molecule has 0 atom stereocenters. The van der Waals surface area contributed by atoms with E-state index in [-0.39, 0.29) is 17.6 Å². The summed E-state index contributed by atoms with van der Waals surface area (Å²) in [6.07, 6.45) is 3.01. The van der Waals surface area contributed by atoms with E-state index in [1.807, 2.05) is 13.0 Å². The summed E-state index contributed by atoms with van der Waals surface area (Å²) in [7, 11) is 1.59. The van der Waals surface area contributed by atoms with Gasteiger partial charge in [-0.2, -0.15) is 0 Å². The quantitative estimate of drug-likeness (QED) is 0.642. The summed E-state index contributed by atoms with van der Waals surface area (Å²) in [5.41, 5.74) is 1.85. The first-order valence-corrected chi connectivity index (χ1v) is 8.84. The fraction of sp³-hybridized carbons (Fsp3) is 0.238. The van der Waals surface area contributed by atoms with Gasteiger partial charge in [0.05, 0.1) is 25.7 Å². The summed E-state index contributed by atoms with van der Waals surface area (Å²) >= 11 is 0. The molecule has 1 N–H and O–H groups in total. The molecule has 0 saturated heterocycles. The van der Waals surface area contributed by atoms with Crippen LogP contribution < -0.4 is 5.32 Å². The van der Waals surface area contributed by atoms with Gasteiger partial charge in [0.1, 0.15) is 5.76 Å². The highest BCUT2D eigenvalue weighted by Crippen LogP contribution is 2.20. The highest BCUT2D eigenvalue weighted by atomic mass is 16.5. The second-order valence-corrected chi connectivity index (χ2v) is 6.26. The van der Waals surface area contributed by atoms with Gasteiger partial charge in [0.2, 0.25) is 0 Å². The molecule has 2 heterocycles. The molecule has 0 spiro atoms. The van der Waals surface area contributed by atoms with Crippen molar-refractivity contribution in [3.8, 4) is 0 Å². The van der Waals surface area contributed by atoms with Crippen LogP contribution in [-0.4, -0.2) is 37.0 Å². The zero-order chi connectivity index (χ0) is 19.9. The molecular weight excluding hydrogens is 360 g/mol. The predicted octanol–water partition coefficient (Wildman–Crippen LogP) is 3.72. The number of ether oxygens (including phenoxy) is 1. The Kier molecular flexibility index (Phi) is 6.29. The third-order valence-electron chi connectivity index (χ3n) is 4.26. The number of methoxy groups -OCH3 is 1. The number of hydrogen-bond acceptors (Lipinski definition) is 5. The summed E-state index contributed by atoms with van der Waals surface area (Å²) in [4.78, 5) is 27.0. The Morgan fingerprint density at radius 2 is 1.89 bits per heavy atom. The van der Waals surface area contributed by atoms with Crippen LogP contribution in [0.3, 0.4) is 0 Å². The summed E-state index contributed by atoms with van der Waals surface area (Å²) in [6.45, 7) is 3.01. The second kappa shape index (κ2) is 9.05. The Morgan fingerprint density at radius 1 is 1.11 bits per heavy atom. The van der Waals surface area contributed by atoms with Crippen molar-refractivity contribution < 1.29 is 23.2 Å². The van der Waals surface area contributed by atoms with Crippen LogP contribution in [-0.2, 0) is 11.3 Å². The third kappa shape index (κ3) is 4.69. The number of anilines is 1. The zero-order valence-electron chi connectivity index (χ0n) is 15.8. The fourth-order valence-corrected chi connectivity index (χ4v) is 2.71. The molecule has 0 aliphatic heterocycles. The molecule has 0 bridgehead atoms. The van der Waals surface area contributed by atoms with Crippen molar-refractivity contribution in [2.75, 3.05) is 25.6 Å². The maximum absolute atomic E-state index is 13.1. The third-order valence-corrected chi connectivity index (χ3v) is 4.26. The summed E-state index contributed by atoms with van der Waals surface area (Å²) in [5, 5.41) is 2.79. The Balaban J connectivity index is 1.80. The van der Waals surface area contributed by atoms with Gasteiger partial charge in [0.15, 0.2) is 5.76 Å². The Hall–Kier alpha value is -3.32. The van der Waals surface area contributed by atoms with Crippen LogP contribution in [0.25, 0.3) is 0 Å². The zero-order valence-corrected chi connectivity index (χ0v) is 15.8. The first-order chi connectivity index (χ1) is 13.6. The van der Waals surface area contributed by atoms with E-state index < -0.39 is 0 Å². The van der Waals surface area contributed by atoms with Crippen LogP contribution in [0.2, 0.25) is 0 Å². The number of carbonyl (C=O) groups is 2. The molecule has 146 valence electrons. The van der Waals surface area contributed by atoms with Crippen molar-refractivity contribution >= 4 is 17.5 Å². The van der Waals surface area contributed by atoms with Crippen molar-refractivity contribution in [2.24, 2.45) is 0 Å². The first-order valence-electron chi connectivity index (χ1n) is 8.84. The van der Waals surface area contributed by atoms with E-state index in [1.165, 1.54) is 6.26 Å². The van der Waals surface area contributed by atoms with E-state index in [9.17, 15) is 9.59 Å². The molecule has 0 fully saturated rings. The van der Waals surface area contributed by atoms with Crippen molar-refractivity contribution in [2.45, 2.75) is 13.5 Å². The molecule has 0 aliphatic rings.